The minimum atomic E-state index is -0.188. The van der Waals surface area contributed by atoms with Crippen molar-refractivity contribution in [3.63, 3.8) is 0 Å². The lowest BCUT2D eigenvalue weighted by Gasteiger charge is -2.14. The van der Waals surface area contributed by atoms with Crippen molar-refractivity contribution in [1.82, 2.24) is 9.88 Å². The van der Waals surface area contributed by atoms with Crippen molar-refractivity contribution in [2.75, 3.05) is 19.4 Å². The van der Waals surface area contributed by atoms with Crippen LogP contribution in [0.4, 0.5) is 5.69 Å². The second kappa shape index (κ2) is 6.11. The third-order valence-electron chi connectivity index (χ3n) is 2.65. The van der Waals surface area contributed by atoms with Crippen LogP contribution in [0.25, 0.3) is 0 Å². The van der Waals surface area contributed by atoms with E-state index in [1.165, 1.54) is 0 Å². The number of rotatable bonds is 4. The molecule has 0 saturated heterocycles. The largest absolute Gasteiger partial charge is 0.320 e. The van der Waals surface area contributed by atoms with Crippen LogP contribution in [0.5, 0.6) is 0 Å². The van der Waals surface area contributed by atoms with Crippen molar-refractivity contribution < 1.29 is 4.79 Å². The van der Waals surface area contributed by atoms with Crippen LogP contribution < -0.4 is 5.32 Å². The smallest absolute Gasteiger partial charge is 0.274 e. The highest BCUT2D eigenvalue weighted by Gasteiger charge is 2.09. The highest BCUT2D eigenvalue weighted by molar-refractivity contribution is 6.03. The van der Waals surface area contributed by atoms with Crippen molar-refractivity contribution in [2.45, 2.75) is 6.54 Å². The average Bonchev–Trinajstić information content (AvgIpc) is 2.41. The number of carbonyl (C=O) groups is 1. The number of amides is 1. The van der Waals surface area contributed by atoms with Gasteiger partial charge in [-0.25, -0.2) is 0 Å². The quantitative estimate of drug-likeness (QED) is 0.912. The summed E-state index contributed by atoms with van der Waals surface area (Å²) in [4.78, 5) is 18.2. The van der Waals surface area contributed by atoms with Crippen LogP contribution in [0.2, 0.25) is 0 Å². The summed E-state index contributed by atoms with van der Waals surface area (Å²) in [6, 6.07) is 13.1. The molecule has 0 aliphatic heterocycles. The highest BCUT2D eigenvalue weighted by atomic mass is 16.1. The van der Waals surface area contributed by atoms with E-state index in [9.17, 15) is 4.79 Å². The maximum absolute atomic E-state index is 12.1. The fourth-order valence-corrected chi connectivity index (χ4v) is 1.80. The van der Waals surface area contributed by atoms with Crippen LogP contribution in [0.1, 0.15) is 16.1 Å². The minimum absolute atomic E-state index is 0.188. The number of hydrogen-bond donors (Lipinski definition) is 1. The first kappa shape index (κ1) is 13.2. The van der Waals surface area contributed by atoms with E-state index >= 15 is 0 Å². The monoisotopic (exact) mass is 255 g/mol. The van der Waals surface area contributed by atoms with E-state index in [0.29, 0.717) is 5.69 Å². The molecule has 0 aliphatic carbocycles. The van der Waals surface area contributed by atoms with E-state index in [1.54, 1.807) is 24.4 Å². The summed E-state index contributed by atoms with van der Waals surface area (Å²) in [6.45, 7) is 0.776. The molecular formula is C15H17N3O. The van der Waals surface area contributed by atoms with Crippen LogP contribution in [-0.4, -0.2) is 29.9 Å². The molecule has 0 saturated carbocycles. The normalized spacial score (nSPS) is 10.5. The Kier molecular flexibility index (Phi) is 4.26. The molecule has 1 N–H and O–H groups in total. The molecule has 2 rings (SSSR count). The lowest BCUT2D eigenvalue weighted by molar-refractivity contribution is 0.102. The molecule has 2 aromatic rings. The van der Waals surface area contributed by atoms with Gasteiger partial charge in [0.05, 0.1) is 0 Å². The summed E-state index contributed by atoms with van der Waals surface area (Å²) in [7, 11) is 3.99. The van der Waals surface area contributed by atoms with Gasteiger partial charge in [0.25, 0.3) is 5.91 Å². The maximum atomic E-state index is 12.1. The fourth-order valence-electron chi connectivity index (χ4n) is 1.80. The molecule has 1 heterocycles. The lowest BCUT2D eigenvalue weighted by Crippen LogP contribution is -2.17. The SMILES string of the molecule is CN(C)Cc1ccccc1NC(=O)c1ccccn1. The Morgan fingerprint density at radius 3 is 2.58 bits per heavy atom. The van der Waals surface area contributed by atoms with Gasteiger partial charge in [-0.1, -0.05) is 24.3 Å². The first-order chi connectivity index (χ1) is 9.16. The van der Waals surface area contributed by atoms with Crippen LogP contribution in [0.15, 0.2) is 48.7 Å². The Balaban J connectivity index is 2.17. The number of para-hydroxylation sites is 1. The van der Waals surface area contributed by atoms with Crippen molar-refractivity contribution in [2.24, 2.45) is 0 Å². The predicted molar refractivity (Wildman–Crippen MR) is 76.0 cm³/mol. The maximum Gasteiger partial charge on any atom is 0.274 e. The van der Waals surface area contributed by atoms with Gasteiger partial charge in [-0.05, 0) is 37.9 Å². The second-order valence-electron chi connectivity index (χ2n) is 4.56. The first-order valence-electron chi connectivity index (χ1n) is 6.12. The van der Waals surface area contributed by atoms with Gasteiger partial charge in [0, 0.05) is 18.4 Å². The van der Waals surface area contributed by atoms with Crippen LogP contribution in [-0.2, 0) is 6.54 Å². The molecule has 19 heavy (non-hydrogen) atoms. The highest BCUT2D eigenvalue weighted by Crippen LogP contribution is 2.17. The number of pyridine rings is 1. The van der Waals surface area contributed by atoms with Gasteiger partial charge in [-0.2, -0.15) is 0 Å². The molecule has 1 amide bonds. The zero-order valence-corrected chi connectivity index (χ0v) is 11.1. The number of carbonyl (C=O) groups excluding carboxylic acids is 1. The van der Waals surface area contributed by atoms with Crippen molar-refractivity contribution >= 4 is 11.6 Å². The Bertz CT molecular complexity index is 552. The topological polar surface area (TPSA) is 45.2 Å². The van der Waals surface area contributed by atoms with Gasteiger partial charge >= 0.3 is 0 Å². The molecule has 0 fully saturated rings. The summed E-state index contributed by atoms with van der Waals surface area (Å²) < 4.78 is 0. The minimum Gasteiger partial charge on any atom is -0.320 e. The molecule has 98 valence electrons. The zero-order chi connectivity index (χ0) is 13.7. The molecule has 1 aromatic heterocycles. The van der Waals surface area contributed by atoms with Gasteiger partial charge in [0.1, 0.15) is 5.69 Å². The van der Waals surface area contributed by atoms with E-state index in [4.69, 9.17) is 0 Å². The Labute approximate surface area is 113 Å². The van der Waals surface area contributed by atoms with E-state index in [1.807, 2.05) is 38.4 Å². The molecule has 0 unspecified atom stereocenters. The number of nitrogens with one attached hydrogen (secondary N) is 1. The van der Waals surface area contributed by atoms with Gasteiger partial charge in [-0.3, -0.25) is 9.78 Å². The summed E-state index contributed by atoms with van der Waals surface area (Å²) in [5, 5.41) is 2.90. The van der Waals surface area contributed by atoms with Crippen molar-refractivity contribution in [3.8, 4) is 0 Å². The summed E-state index contributed by atoms with van der Waals surface area (Å²) in [5.41, 5.74) is 2.32. The number of nitrogens with zero attached hydrogens (tertiary/aromatic N) is 2. The first-order valence-corrected chi connectivity index (χ1v) is 6.12. The third-order valence-corrected chi connectivity index (χ3v) is 2.65. The van der Waals surface area contributed by atoms with Gasteiger partial charge in [0.2, 0.25) is 0 Å². The average molecular weight is 255 g/mol. The molecule has 0 atom stereocenters. The Morgan fingerprint density at radius 2 is 1.89 bits per heavy atom. The van der Waals surface area contributed by atoms with E-state index in [0.717, 1.165) is 17.8 Å². The summed E-state index contributed by atoms with van der Waals surface area (Å²) in [6.07, 6.45) is 1.61. The number of benzene rings is 1. The lowest BCUT2D eigenvalue weighted by atomic mass is 10.1. The van der Waals surface area contributed by atoms with Gasteiger partial charge in [0.15, 0.2) is 0 Å². The number of aromatic nitrogens is 1. The molecular weight excluding hydrogens is 238 g/mol. The Hall–Kier alpha value is -2.20. The number of anilines is 1. The van der Waals surface area contributed by atoms with Gasteiger partial charge in [-0.15, -0.1) is 0 Å². The molecule has 0 bridgehead atoms. The zero-order valence-electron chi connectivity index (χ0n) is 11.1. The van der Waals surface area contributed by atoms with Crippen LogP contribution in [0.3, 0.4) is 0 Å². The Morgan fingerprint density at radius 1 is 1.16 bits per heavy atom. The standard InChI is InChI=1S/C15H17N3O/c1-18(2)11-12-7-3-4-8-13(12)17-15(19)14-9-5-6-10-16-14/h3-10H,11H2,1-2H3,(H,17,19). The van der Waals surface area contributed by atoms with Crippen molar-refractivity contribution in [3.05, 3.63) is 59.9 Å². The van der Waals surface area contributed by atoms with E-state index in [2.05, 4.69) is 15.2 Å². The fraction of sp³-hybridized carbons (Fsp3) is 0.200. The second-order valence-corrected chi connectivity index (χ2v) is 4.56. The molecule has 1 aromatic carbocycles. The molecule has 0 aliphatic rings. The molecule has 4 nitrogen and oxygen atoms in total. The molecule has 0 spiro atoms. The number of hydrogen-bond acceptors (Lipinski definition) is 3. The summed E-state index contributed by atoms with van der Waals surface area (Å²) in [5.74, 6) is -0.188. The predicted octanol–water partition coefficient (Wildman–Crippen LogP) is 2.40. The van der Waals surface area contributed by atoms with Crippen molar-refractivity contribution in [1.29, 1.82) is 0 Å². The summed E-state index contributed by atoms with van der Waals surface area (Å²) >= 11 is 0. The van der Waals surface area contributed by atoms with Crippen LogP contribution >= 0.6 is 0 Å². The van der Waals surface area contributed by atoms with Crippen LogP contribution in [0, 0.1) is 0 Å². The van der Waals surface area contributed by atoms with E-state index in [-0.39, 0.29) is 5.91 Å². The molecule has 0 radical (unpaired) electrons. The third kappa shape index (κ3) is 3.63. The van der Waals surface area contributed by atoms with Gasteiger partial charge < -0.3 is 10.2 Å². The van der Waals surface area contributed by atoms with E-state index < -0.39 is 0 Å². The molecule has 4 heteroatoms.